The van der Waals surface area contributed by atoms with Gasteiger partial charge in [-0.05, 0) is 51.0 Å². The number of aliphatic imine (C=N–C) groups is 1. The van der Waals surface area contributed by atoms with Crippen LogP contribution in [0.4, 0.5) is 0 Å². The van der Waals surface area contributed by atoms with Crippen molar-refractivity contribution in [1.29, 1.82) is 0 Å². The number of H-pyrrole nitrogens is 1. The van der Waals surface area contributed by atoms with Crippen LogP contribution in [0.5, 0.6) is 0 Å². The Morgan fingerprint density at radius 2 is 2.10 bits per heavy atom. The summed E-state index contributed by atoms with van der Waals surface area (Å²) in [6, 6.07) is 5.91. The number of nitrogens with one attached hydrogen (secondary N) is 3. The molecular weight excluding hydrogens is 284 g/mol. The van der Waals surface area contributed by atoms with Crippen LogP contribution < -0.4 is 10.6 Å². The summed E-state index contributed by atoms with van der Waals surface area (Å²) in [7, 11) is 1.78. The number of hydrogen-bond donors (Lipinski definition) is 3. The van der Waals surface area contributed by atoms with Crippen LogP contribution >= 0.6 is 11.6 Å². The first kappa shape index (κ1) is 15.7. The highest BCUT2D eigenvalue weighted by atomic mass is 35.5. The number of hydrogen-bond acceptors (Lipinski definition) is 1. The SMILES string of the molecule is CN=C(NCCc1c[nH]c2ccc(Cl)cc12)NC(C)(C)C. The van der Waals surface area contributed by atoms with Gasteiger partial charge in [-0.3, -0.25) is 4.99 Å². The van der Waals surface area contributed by atoms with Crippen LogP contribution in [0.1, 0.15) is 26.3 Å². The average molecular weight is 307 g/mol. The Balaban J connectivity index is 1.97. The van der Waals surface area contributed by atoms with Gasteiger partial charge in [0, 0.05) is 41.3 Å². The number of guanidine groups is 1. The largest absolute Gasteiger partial charge is 0.361 e. The van der Waals surface area contributed by atoms with Crippen LogP contribution in [0, 0.1) is 0 Å². The minimum atomic E-state index is -0.00382. The lowest BCUT2D eigenvalue weighted by Gasteiger charge is -2.23. The van der Waals surface area contributed by atoms with E-state index in [1.165, 1.54) is 10.9 Å². The number of benzene rings is 1. The highest BCUT2D eigenvalue weighted by molar-refractivity contribution is 6.31. The van der Waals surface area contributed by atoms with Gasteiger partial charge in [-0.2, -0.15) is 0 Å². The molecule has 1 aromatic carbocycles. The van der Waals surface area contributed by atoms with Crippen molar-refractivity contribution in [2.75, 3.05) is 13.6 Å². The predicted octanol–water partition coefficient (Wildman–Crippen LogP) is 3.33. The van der Waals surface area contributed by atoms with Crippen LogP contribution in [0.3, 0.4) is 0 Å². The summed E-state index contributed by atoms with van der Waals surface area (Å²) < 4.78 is 0. The van der Waals surface area contributed by atoms with Gasteiger partial charge in [0.15, 0.2) is 5.96 Å². The fourth-order valence-corrected chi connectivity index (χ4v) is 2.38. The van der Waals surface area contributed by atoms with Crippen molar-refractivity contribution in [3.05, 3.63) is 35.0 Å². The second-order valence-electron chi connectivity index (χ2n) is 6.13. The normalized spacial score (nSPS) is 12.7. The number of aromatic nitrogens is 1. The lowest BCUT2D eigenvalue weighted by Crippen LogP contribution is -2.48. The maximum Gasteiger partial charge on any atom is 0.191 e. The van der Waals surface area contributed by atoms with Gasteiger partial charge >= 0.3 is 0 Å². The first-order chi connectivity index (χ1) is 9.89. The lowest BCUT2D eigenvalue weighted by atomic mass is 10.1. The molecule has 5 heteroatoms. The van der Waals surface area contributed by atoms with Crippen LogP contribution in [0.15, 0.2) is 29.4 Å². The molecular formula is C16H23ClN4. The summed E-state index contributed by atoms with van der Waals surface area (Å²) in [6.45, 7) is 7.15. The fourth-order valence-electron chi connectivity index (χ4n) is 2.21. The van der Waals surface area contributed by atoms with Crippen LogP contribution in [-0.4, -0.2) is 30.1 Å². The van der Waals surface area contributed by atoms with E-state index in [1.807, 2.05) is 24.4 Å². The third kappa shape index (κ3) is 4.39. The van der Waals surface area contributed by atoms with Gasteiger partial charge < -0.3 is 15.6 Å². The van der Waals surface area contributed by atoms with Crippen molar-refractivity contribution in [1.82, 2.24) is 15.6 Å². The molecule has 114 valence electrons. The van der Waals surface area contributed by atoms with Crippen molar-refractivity contribution in [3.8, 4) is 0 Å². The minimum absolute atomic E-state index is 0.00382. The Kier molecular flexibility index (Phi) is 4.78. The fraction of sp³-hybridized carbons (Fsp3) is 0.438. The van der Waals surface area contributed by atoms with E-state index < -0.39 is 0 Å². The molecule has 4 nitrogen and oxygen atoms in total. The van der Waals surface area contributed by atoms with Gasteiger partial charge in [-0.25, -0.2) is 0 Å². The van der Waals surface area contributed by atoms with Crippen molar-refractivity contribution in [2.24, 2.45) is 4.99 Å². The molecule has 0 atom stereocenters. The monoisotopic (exact) mass is 306 g/mol. The highest BCUT2D eigenvalue weighted by Crippen LogP contribution is 2.22. The number of rotatable bonds is 3. The van der Waals surface area contributed by atoms with E-state index in [1.54, 1.807) is 7.05 Å². The van der Waals surface area contributed by atoms with Crippen molar-refractivity contribution >= 4 is 28.5 Å². The van der Waals surface area contributed by atoms with Crippen LogP contribution in [-0.2, 0) is 6.42 Å². The Bertz CT molecular complexity index is 637. The summed E-state index contributed by atoms with van der Waals surface area (Å²) in [4.78, 5) is 7.51. The molecule has 0 aliphatic heterocycles. The molecule has 0 bridgehead atoms. The quantitative estimate of drug-likeness (QED) is 0.602. The molecule has 0 fully saturated rings. The lowest BCUT2D eigenvalue weighted by molar-refractivity contribution is 0.501. The van der Waals surface area contributed by atoms with E-state index >= 15 is 0 Å². The zero-order valence-corrected chi connectivity index (χ0v) is 13.8. The molecule has 0 aliphatic rings. The summed E-state index contributed by atoms with van der Waals surface area (Å²) in [5.74, 6) is 0.820. The second kappa shape index (κ2) is 6.39. The molecule has 3 N–H and O–H groups in total. The zero-order valence-electron chi connectivity index (χ0n) is 13.0. The first-order valence-electron chi connectivity index (χ1n) is 7.13. The Labute approximate surface area is 131 Å². The van der Waals surface area contributed by atoms with Gasteiger partial charge in [0.2, 0.25) is 0 Å². The highest BCUT2D eigenvalue weighted by Gasteiger charge is 2.11. The maximum absolute atomic E-state index is 6.07. The topological polar surface area (TPSA) is 52.2 Å². The van der Waals surface area contributed by atoms with Gasteiger partial charge in [-0.1, -0.05) is 11.6 Å². The molecule has 2 rings (SSSR count). The number of nitrogens with zero attached hydrogens (tertiary/aromatic N) is 1. The first-order valence-corrected chi connectivity index (χ1v) is 7.51. The Hall–Kier alpha value is -1.68. The molecule has 0 saturated heterocycles. The third-order valence-corrected chi connectivity index (χ3v) is 3.37. The van der Waals surface area contributed by atoms with Gasteiger partial charge in [-0.15, -0.1) is 0 Å². The van der Waals surface area contributed by atoms with E-state index in [-0.39, 0.29) is 5.54 Å². The molecule has 0 saturated carbocycles. The zero-order chi connectivity index (χ0) is 15.5. The van der Waals surface area contributed by atoms with E-state index in [9.17, 15) is 0 Å². The second-order valence-corrected chi connectivity index (χ2v) is 6.56. The summed E-state index contributed by atoms with van der Waals surface area (Å²) in [5, 5.41) is 8.63. The van der Waals surface area contributed by atoms with Crippen molar-refractivity contribution < 1.29 is 0 Å². The third-order valence-electron chi connectivity index (χ3n) is 3.13. The summed E-state index contributed by atoms with van der Waals surface area (Å²) in [5.41, 5.74) is 2.37. The molecule has 0 aliphatic carbocycles. The molecule has 1 heterocycles. The van der Waals surface area contributed by atoms with Crippen LogP contribution in [0.25, 0.3) is 10.9 Å². The van der Waals surface area contributed by atoms with Gasteiger partial charge in [0.25, 0.3) is 0 Å². The van der Waals surface area contributed by atoms with E-state index in [2.05, 4.69) is 41.4 Å². The maximum atomic E-state index is 6.07. The van der Waals surface area contributed by atoms with E-state index in [4.69, 9.17) is 11.6 Å². The Morgan fingerprint density at radius 1 is 1.33 bits per heavy atom. The van der Waals surface area contributed by atoms with Gasteiger partial charge in [0.1, 0.15) is 0 Å². The van der Waals surface area contributed by atoms with E-state index in [0.29, 0.717) is 0 Å². The molecule has 0 radical (unpaired) electrons. The number of fused-ring (bicyclic) bond motifs is 1. The molecule has 1 aromatic heterocycles. The van der Waals surface area contributed by atoms with Crippen molar-refractivity contribution in [3.63, 3.8) is 0 Å². The summed E-state index contributed by atoms with van der Waals surface area (Å²) in [6.07, 6.45) is 2.95. The number of aromatic amines is 1. The predicted molar refractivity (Wildman–Crippen MR) is 91.3 cm³/mol. The number of halogens is 1. The van der Waals surface area contributed by atoms with Crippen molar-refractivity contribution in [2.45, 2.75) is 32.7 Å². The smallest absolute Gasteiger partial charge is 0.191 e. The molecule has 0 amide bonds. The van der Waals surface area contributed by atoms with Gasteiger partial charge in [0.05, 0.1) is 0 Å². The van der Waals surface area contributed by atoms with Crippen LogP contribution in [0.2, 0.25) is 5.02 Å². The minimum Gasteiger partial charge on any atom is -0.361 e. The van der Waals surface area contributed by atoms with E-state index in [0.717, 1.165) is 29.5 Å². The summed E-state index contributed by atoms with van der Waals surface area (Å²) >= 11 is 6.07. The molecule has 2 aromatic rings. The molecule has 0 spiro atoms. The Morgan fingerprint density at radius 3 is 2.76 bits per heavy atom. The molecule has 0 unspecified atom stereocenters. The molecule has 21 heavy (non-hydrogen) atoms. The average Bonchev–Trinajstić information content (AvgIpc) is 2.79. The standard InChI is InChI=1S/C16H23ClN4/c1-16(2,3)21-15(18-4)19-8-7-11-10-20-14-6-5-12(17)9-13(11)14/h5-6,9-10,20H,7-8H2,1-4H3,(H2,18,19,21).